The third kappa shape index (κ3) is 10.5. The number of nitrogens with zero attached hydrogens (tertiary/aromatic N) is 2. The monoisotopic (exact) mass is 596 g/mol. The van der Waals surface area contributed by atoms with Crippen molar-refractivity contribution in [3.63, 3.8) is 0 Å². The van der Waals surface area contributed by atoms with E-state index in [9.17, 15) is 18.0 Å². The number of alkyl halides is 3. The smallest absolute Gasteiger partial charge is 0.416 e. The highest BCUT2D eigenvalue weighted by Gasteiger charge is 2.30. The average molecular weight is 597 g/mol. The third-order valence-electron chi connectivity index (χ3n) is 7.09. The van der Waals surface area contributed by atoms with Crippen LogP contribution < -0.4 is 9.64 Å². The second-order valence-corrected chi connectivity index (χ2v) is 10.1. The minimum absolute atomic E-state index is 0.00488. The number of carbonyl (C=O) groups is 1. The molecule has 1 aliphatic heterocycles. The molecule has 230 valence electrons. The molecule has 43 heavy (non-hydrogen) atoms. The molecule has 2 aliphatic rings. The van der Waals surface area contributed by atoms with Gasteiger partial charge in [-0.15, -0.1) is 0 Å². The molecule has 0 bridgehead atoms. The van der Waals surface area contributed by atoms with Crippen molar-refractivity contribution in [1.82, 2.24) is 0 Å². The number of aryl methyl sites for hydroxylation is 1. The fourth-order valence-electron chi connectivity index (χ4n) is 4.76. The molecule has 9 heteroatoms. The summed E-state index contributed by atoms with van der Waals surface area (Å²) in [5.74, 6) is -0.151. The Labute approximate surface area is 251 Å². The van der Waals surface area contributed by atoms with Crippen molar-refractivity contribution in [3.8, 4) is 5.75 Å². The Morgan fingerprint density at radius 3 is 2.53 bits per heavy atom. The van der Waals surface area contributed by atoms with Gasteiger partial charge in [0.2, 0.25) is 0 Å². The predicted molar refractivity (Wildman–Crippen MR) is 165 cm³/mol. The Kier molecular flexibility index (Phi) is 12.7. The van der Waals surface area contributed by atoms with Crippen molar-refractivity contribution >= 4 is 18.1 Å². The number of hydrogen-bond donors (Lipinski definition) is 1. The molecule has 2 aromatic rings. The lowest BCUT2D eigenvalue weighted by molar-refractivity contribution is -0.138. The summed E-state index contributed by atoms with van der Waals surface area (Å²) in [6.07, 6.45) is 12.1. The number of hydrogen-bond acceptors (Lipinski definition) is 5. The van der Waals surface area contributed by atoms with Crippen LogP contribution in [0.25, 0.3) is 0 Å². The van der Waals surface area contributed by atoms with Crippen LogP contribution in [0.4, 0.5) is 18.9 Å². The van der Waals surface area contributed by atoms with Gasteiger partial charge in [0.25, 0.3) is 0 Å². The summed E-state index contributed by atoms with van der Waals surface area (Å²) in [7, 11) is 1.53. The van der Waals surface area contributed by atoms with E-state index in [1.54, 1.807) is 0 Å². The molecule has 0 unspecified atom stereocenters. The summed E-state index contributed by atoms with van der Waals surface area (Å²) < 4.78 is 49.8. The molecule has 1 heterocycles. The summed E-state index contributed by atoms with van der Waals surface area (Å²) in [5, 5.41) is 9.16. The molecule has 4 rings (SSSR count). The van der Waals surface area contributed by atoms with Gasteiger partial charge in [-0.05, 0) is 74.6 Å². The van der Waals surface area contributed by atoms with Crippen LogP contribution in [-0.2, 0) is 35.1 Å². The van der Waals surface area contributed by atoms with Crippen LogP contribution in [0.3, 0.4) is 0 Å². The van der Waals surface area contributed by atoms with Crippen molar-refractivity contribution in [1.29, 1.82) is 0 Å². The fourth-order valence-corrected chi connectivity index (χ4v) is 4.76. The summed E-state index contributed by atoms with van der Waals surface area (Å²) >= 11 is 0. The molecule has 0 radical (unpaired) electrons. The summed E-state index contributed by atoms with van der Waals surface area (Å²) in [6.45, 7) is 5.48. The zero-order valence-electron chi connectivity index (χ0n) is 24.9. The van der Waals surface area contributed by atoms with Crippen LogP contribution in [0.5, 0.6) is 5.75 Å². The van der Waals surface area contributed by atoms with Crippen molar-refractivity contribution < 1.29 is 32.5 Å². The number of halogens is 3. The molecule has 0 saturated heterocycles. The lowest BCUT2D eigenvalue weighted by atomic mass is 9.91. The van der Waals surface area contributed by atoms with Gasteiger partial charge in [-0.1, -0.05) is 48.1 Å². The minimum Gasteiger partial charge on any atom is -0.493 e. The van der Waals surface area contributed by atoms with E-state index in [2.05, 4.69) is 42.3 Å². The second kappa shape index (κ2) is 16.4. The number of aliphatic imine (C=N–C) groups is 1. The largest absolute Gasteiger partial charge is 0.493 e. The SMILES string of the molecule is C/C=C(\CCOc1ccc(CCC(=O)O)c2c1CCN(c1ccc(C(F)(F)F)cc1)C2)N=COC.CC1=CCC=CC=C1. The second-order valence-electron chi connectivity index (χ2n) is 10.1. The lowest BCUT2D eigenvalue weighted by Gasteiger charge is -2.33. The van der Waals surface area contributed by atoms with Gasteiger partial charge < -0.3 is 19.5 Å². The lowest BCUT2D eigenvalue weighted by Crippen LogP contribution is -2.31. The van der Waals surface area contributed by atoms with E-state index in [4.69, 9.17) is 14.6 Å². The molecule has 0 fully saturated rings. The summed E-state index contributed by atoms with van der Waals surface area (Å²) in [6, 6.07) is 8.88. The van der Waals surface area contributed by atoms with Crippen LogP contribution in [-0.4, -0.2) is 37.7 Å². The zero-order valence-corrected chi connectivity index (χ0v) is 24.9. The van der Waals surface area contributed by atoms with Crippen LogP contribution in [0, 0.1) is 0 Å². The topological polar surface area (TPSA) is 71.4 Å². The number of rotatable bonds is 10. The van der Waals surface area contributed by atoms with Crippen molar-refractivity contribution in [2.45, 2.75) is 58.7 Å². The minimum atomic E-state index is -4.38. The number of carboxylic acids is 1. The van der Waals surface area contributed by atoms with Gasteiger partial charge in [-0.25, -0.2) is 4.99 Å². The van der Waals surface area contributed by atoms with Crippen molar-refractivity contribution in [2.24, 2.45) is 4.99 Å². The van der Waals surface area contributed by atoms with E-state index < -0.39 is 17.7 Å². The maximum absolute atomic E-state index is 12.9. The molecule has 6 nitrogen and oxygen atoms in total. The van der Waals surface area contributed by atoms with E-state index in [0.29, 0.717) is 44.6 Å². The Morgan fingerprint density at radius 2 is 1.86 bits per heavy atom. The molecule has 0 atom stereocenters. The molecule has 0 aromatic heterocycles. The van der Waals surface area contributed by atoms with Crippen molar-refractivity contribution in [3.05, 3.63) is 106 Å². The average Bonchev–Trinajstić information content (AvgIpc) is 3.25. The Hall–Kier alpha value is -4.27. The first-order valence-electron chi connectivity index (χ1n) is 14.2. The Bertz CT molecular complexity index is 1370. The quantitative estimate of drug-likeness (QED) is 0.222. The first-order chi connectivity index (χ1) is 20.6. The molecule has 2 aromatic carbocycles. The highest BCUT2D eigenvalue weighted by atomic mass is 19.4. The number of allylic oxidation sites excluding steroid dienone is 7. The number of benzene rings is 2. The maximum Gasteiger partial charge on any atom is 0.416 e. The van der Waals surface area contributed by atoms with Crippen molar-refractivity contribution in [2.75, 3.05) is 25.2 Å². The van der Waals surface area contributed by atoms with Gasteiger partial charge >= 0.3 is 12.1 Å². The van der Waals surface area contributed by atoms with Gasteiger partial charge in [0.1, 0.15) is 5.75 Å². The number of ether oxygens (including phenoxy) is 2. The van der Waals surface area contributed by atoms with Crippen LogP contribution in [0.1, 0.15) is 55.4 Å². The fraction of sp³-hybridized carbons (Fsp3) is 0.353. The summed E-state index contributed by atoms with van der Waals surface area (Å²) in [5.41, 5.74) is 5.07. The van der Waals surface area contributed by atoms with Crippen LogP contribution in [0.15, 0.2) is 89.1 Å². The molecule has 0 spiro atoms. The zero-order chi connectivity index (χ0) is 31.2. The number of aliphatic carboxylic acids is 1. The molecule has 0 amide bonds. The van der Waals surface area contributed by atoms with E-state index >= 15 is 0 Å². The number of fused-ring (bicyclic) bond motifs is 1. The molecular weight excluding hydrogens is 557 g/mol. The standard InChI is InChI=1S/C26H29F3N2O4.C8H10/c1-3-20(30-17-34-2)13-15-35-24-10-4-18(5-11-25(32)33)23-16-31(14-12-22(23)24)21-8-6-19(7-9-21)26(27,28)29;1-8-6-4-2-3-5-7-8/h3-4,6-10,17H,5,11-16H2,1-2H3,(H,32,33);2-4,6-7H,5H2,1H3/b20-3+,30-17?;. The number of methoxy groups -OCH3 is 1. The van der Waals surface area contributed by atoms with Gasteiger partial charge in [0.05, 0.1) is 19.3 Å². The van der Waals surface area contributed by atoms with Gasteiger partial charge in [-0.2, -0.15) is 13.2 Å². The number of anilines is 1. The highest BCUT2D eigenvalue weighted by molar-refractivity contribution is 5.67. The van der Waals surface area contributed by atoms with E-state index in [1.807, 2.05) is 30.0 Å². The maximum atomic E-state index is 12.9. The van der Waals surface area contributed by atoms with E-state index in [0.717, 1.165) is 46.7 Å². The van der Waals surface area contributed by atoms with Gasteiger partial charge in [0.15, 0.2) is 6.40 Å². The predicted octanol–water partition coefficient (Wildman–Crippen LogP) is 8.08. The molecular formula is C34H39F3N2O4. The van der Waals surface area contributed by atoms with Gasteiger partial charge in [0, 0.05) is 42.9 Å². The first kappa shape index (κ1) is 33.2. The normalized spacial score (nSPS) is 14.9. The van der Waals surface area contributed by atoms with Gasteiger partial charge in [-0.3, -0.25) is 4.79 Å². The number of carboxylic acid groups (broad SMARTS) is 1. The highest BCUT2D eigenvalue weighted by Crippen LogP contribution is 2.35. The summed E-state index contributed by atoms with van der Waals surface area (Å²) in [4.78, 5) is 17.4. The molecule has 1 N–H and O–H groups in total. The Morgan fingerprint density at radius 1 is 1.09 bits per heavy atom. The van der Waals surface area contributed by atoms with E-state index in [1.165, 1.54) is 31.2 Å². The molecule has 0 saturated carbocycles. The molecule has 1 aliphatic carbocycles. The van der Waals surface area contributed by atoms with Crippen LogP contribution >= 0.6 is 0 Å². The Balaban J connectivity index is 0.000000546. The van der Waals surface area contributed by atoms with E-state index in [-0.39, 0.29) is 6.42 Å². The first-order valence-corrected chi connectivity index (χ1v) is 14.2. The van der Waals surface area contributed by atoms with Crippen LogP contribution in [0.2, 0.25) is 0 Å². The third-order valence-corrected chi connectivity index (χ3v) is 7.09.